The number of fused-ring (bicyclic) bond motifs is 1. The zero-order chi connectivity index (χ0) is 20.2. The molecular weight excluding hydrogens is 382 g/mol. The quantitative estimate of drug-likeness (QED) is 0.449. The van der Waals surface area contributed by atoms with Gasteiger partial charge < -0.3 is 9.64 Å². The number of amides is 1. The summed E-state index contributed by atoms with van der Waals surface area (Å²) in [5.74, 6) is 0.940. The molecule has 0 aliphatic heterocycles. The van der Waals surface area contributed by atoms with Crippen LogP contribution in [0.2, 0.25) is 0 Å². The van der Waals surface area contributed by atoms with E-state index in [4.69, 9.17) is 9.72 Å². The second-order valence-corrected chi connectivity index (χ2v) is 7.64. The number of likely N-dealkylation sites (N-methyl/N-ethyl adjacent to an activating group) is 1. The SMILES string of the molecule is CCN(Cc1ccccc1)C(=O)Cc1csc2nc(-c3ccc(OC)cc3)cn12. The monoisotopic (exact) mass is 405 g/mol. The molecule has 0 spiro atoms. The number of rotatable bonds is 7. The maximum absolute atomic E-state index is 12.9. The van der Waals surface area contributed by atoms with E-state index in [1.54, 1.807) is 18.4 Å². The third-order valence-electron chi connectivity index (χ3n) is 4.95. The maximum atomic E-state index is 12.9. The molecule has 0 saturated carbocycles. The largest absolute Gasteiger partial charge is 0.497 e. The first-order chi connectivity index (χ1) is 14.2. The highest BCUT2D eigenvalue weighted by Crippen LogP contribution is 2.25. The smallest absolute Gasteiger partial charge is 0.228 e. The van der Waals surface area contributed by atoms with E-state index >= 15 is 0 Å². The number of imidazole rings is 1. The standard InChI is InChI=1S/C23H23N3O2S/c1-3-25(14-17-7-5-4-6-8-17)22(27)13-19-16-29-23-24-21(15-26(19)23)18-9-11-20(28-2)12-10-18/h4-12,15-16H,3,13-14H2,1-2H3. The Bertz CT molecular complexity index is 1100. The van der Waals surface area contributed by atoms with Crippen LogP contribution in [-0.4, -0.2) is 33.8 Å². The summed E-state index contributed by atoms with van der Waals surface area (Å²) in [5, 5.41) is 2.02. The summed E-state index contributed by atoms with van der Waals surface area (Å²) >= 11 is 1.56. The summed E-state index contributed by atoms with van der Waals surface area (Å²) in [5.41, 5.74) is 4.03. The molecule has 0 aliphatic rings. The van der Waals surface area contributed by atoms with Gasteiger partial charge in [0.25, 0.3) is 0 Å². The van der Waals surface area contributed by atoms with Crippen LogP contribution in [0.5, 0.6) is 5.75 Å². The highest BCUT2D eigenvalue weighted by molar-refractivity contribution is 7.15. The molecule has 2 aromatic carbocycles. The van der Waals surface area contributed by atoms with E-state index in [-0.39, 0.29) is 5.91 Å². The number of aromatic nitrogens is 2. The molecule has 0 radical (unpaired) electrons. The summed E-state index contributed by atoms with van der Waals surface area (Å²) in [6, 6.07) is 17.9. The molecular formula is C23H23N3O2S. The Hall–Kier alpha value is -3.12. The molecule has 0 unspecified atom stereocenters. The predicted octanol–water partition coefficient (Wildman–Crippen LogP) is 4.66. The van der Waals surface area contributed by atoms with Crippen molar-refractivity contribution in [2.24, 2.45) is 0 Å². The number of ether oxygens (including phenoxy) is 1. The van der Waals surface area contributed by atoms with Crippen molar-refractivity contribution in [2.75, 3.05) is 13.7 Å². The van der Waals surface area contributed by atoms with Crippen LogP contribution < -0.4 is 4.74 Å². The van der Waals surface area contributed by atoms with Gasteiger partial charge in [0.1, 0.15) is 5.75 Å². The number of hydrogen-bond donors (Lipinski definition) is 0. The van der Waals surface area contributed by atoms with Crippen LogP contribution in [0.3, 0.4) is 0 Å². The van der Waals surface area contributed by atoms with Gasteiger partial charge in [0, 0.05) is 35.9 Å². The van der Waals surface area contributed by atoms with Gasteiger partial charge in [-0.1, -0.05) is 30.3 Å². The average molecular weight is 406 g/mol. The van der Waals surface area contributed by atoms with Crippen LogP contribution in [0.4, 0.5) is 0 Å². The Morgan fingerprint density at radius 3 is 2.59 bits per heavy atom. The highest BCUT2D eigenvalue weighted by Gasteiger charge is 2.17. The molecule has 0 atom stereocenters. The number of thiazole rings is 1. The molecule has 0 saturated heterocycles. The van der Waals surface area contributed by atoms with Gasteiger partial charge in [-0.05, 0) is 36.8 Å². The summed E-state index contributed by atoms with van der Waals surface area (Å²) in [7, 11) is 1.66. The van der Waals surface area contributed by atoms with Crippen molar-refractivity contribution >= 4 is 22.2 Å². The second-order valence-electron chi connectivity index (χ2n) is 6.80. The van der Waals surface area contributed by atoms with Crippen molar-refractivity contribution in [3.63, 3.8) is 0 Å². The Morgan fingerprint density at radius 2 is 1.90 bits per heavy atom. The molecule has 1 amide bonds. The van der Waals surface area contributed by atoms with Gasteiger partial charge in [-0.3, -0.25) is 9.20 Å². The molecule has 2 aromatic heterocycles. The number of hydrogen-bond acceptors (Lipinski definition) is 4. The molecule has 148 valence electrons. The van der Waals surface area contributed by atoms with Gasteiger partial charge in [-0.2, -0.15) is 0 Å². The Kier molecular flexibility index (Phi) is 5.62. The van der Waals surface area contributed by atoms with E-state index in [1.807, 2.05) is 70.3 Å². The third-order valence-corrected chi connectivity index (χ3v) is 5.84. The second kappa shape index (κ2) is 8.49. The fourth-order valence-corrected chi connectivity index (χ4v) is 4.18. The molecule has 4 rings (SSSR count). The minimum absolute atomic E-state index is 0.121. The van der Waals surface area contributed by atoms with Crippen molar-refractivity contribution in [3.8, 4) is 17.0 Å². The molecule has 0 aliphatic carbocycles. The van der Waals surface area contributed by atoms with Crippen LogP contribution in [-0.2, 0) is 17.8 Å². The minimum Gasteiger partial charge on any atom is -0.497 e. The van der Waals surface area contributed by atoms with Crippen LogP contribution in [0.25, 0.3) is 16.2 Å². The molecule has 0 bridgehead atoms. The predicted molar refractivity (Wildman–Crippen MR) is 116 cm³/mol. The zero-order valence-electron chi connectivity index (χ0n) is 16.5. The molecule has 6 heteroatoms. The van der Waals surface area contributed by atoms with Crippen LogP contribution in [0.15, 0.2) is 66.2 Å². The summed E-state index contributed by atoms with van der Waals surface area (Å²) in [6.07, 6.45) is 2.36. The van der Waals surface area contributed by atoms with Gasteiger partial charge >= 0.3 is 0 Å². The summed E-state index contributed by atoms with van der Waals surface area (Å²) in [6.45, 7) is 3.33. The Balaban J connectivity index is 1.52. The van der Waals surface area contributed by atoms with E-state index in [0.29, 0.717) is 19.5 Å². The molecule has 29 heavy (non-hydrogen) atoms. The van der Waals surface area contributed by atoms with Crippen LogP contribution in [0.1, 0.15) is 18.2 Å². The third kappa shape index (κ3) is 4.17. The normalized spacial score (nSPS) is 11.0. The van der Waals surface area contributed by atoms with Crippen molar-refractivity contribution in [2.45, 2.75) is 19.9 Å². The minimum atomic E-state index is 0.121. The zero-order valence-corrected chi connectivity index (χ0v) is 17.4. The first-order valence-corrected chi connectivity index (χ1v) is 10.5. The maximum Gasteiger partial charge on any atom is 0.228 e. The molecule has 0 fully saturated rings. The Labute approximate surface area is 174 Å². The first kappa shape index (κ1) is 19.2. The van der Waals surface area contributed by atoms with Gasteiger partial charge in [0.05, 0.1) is 19.2 Å². The molecule has 5 nitrogen and oxygen atoms in total. The highest BCUT2D eigenvalue weighted by atomic mass is 32.1. The fourth-order valence-electron chi connectivity index (χ4n) is 3.30. The van der Waals surface area contributed by atoms with Crippen LogP contribution >= 0.6 is 11.3 Å². The van der Waals surface area contributed by atoms with Crippen molar-refractivity contribution < 1.29 is 9.53 Å². The molecule has 4 aromatic rings. The van der Waals surface area contributed by atoms with Gasteiger partial charge in [0.2, 0.25) is 5.91 Å². The van der Waals surface area contributed by atoms with E-state index in [0.717, 1.165) is 33.2 Å². The topological polar surface area (TPSA) is 46.8 Å². The lowest BCUT2D eigenvalue weighted by molar-refractivity contribution is -0.130. The van der Waals surface area contributed by atoms with E-state index < -0.39 is 0 Å². The number of carbonyl (C=O) groups is 1. The first-order valence-electron chi connectivity index (χ1n) is 9.59. The molecule has 2 heterocycles. The summed E-state index contributed by atoms with van der Waals surface area (Å²) in [4.78, 5) is 20.4. The lowest BCUT2D eigenvalue weighted by atomic mass is 10.1. The van der Waals surface area contributed by atoms with Crippen molar-refractivity contribution in [1.82, 2.24) is 14.3 Å². The lowest BCUT2D eigenvalue weighted by Crippen LogP contribution is -2.31. The summed E-state index contributed by atoms with van der Waals surface area (Å²) < 4.78 is 7.25. The molecule has 0 N–H and O–H groups in total. The van der Waals surface area contributed by atoms with E-state index in [9.17, 15) is 4.79 Å². The van der Waals surface area contributed by atoms with Gasteiger partial charge in [-0.25, -0.2) is 4.98 Å². The Morgan fingerprint density at radius 1 is 1.14 bits per heavy atom. The average Bonchev–Trinajstić information content (AvgIpc) is 3.34. The van der Waals surface area contributed by atoms with E-state index in [1.165, 1.54) is 0 Å². The number of benzene rings is 2. The fraction of sp³-hybridized carbons (Fsp3) is 0.217. The van der Waals surface area contributed by atoms with Crippen LogP contribution in [0, 0.1) is 0 Å². The number of carbonyl (C=O) groups excluding carboxylic acids is 1. The number of nitrogens with zero attached hydrogens (tertiary/aromatic N) is 3. The van der Waals surface area contributed by atoms with Crippen molar-refractivity contribution in [3.05, 3.63) is 77.4 Å². The number of methoxy groups -OCH3 is 1. The van der Waals surface area contributed by atoms with Crippen molar-refractivity contribution in [1.29, 1.82) is 0 Å². The van der Waals surface area contributed by atoms with Gasteiger partial charge in [-0.15, -0.1) is 11.3 Å². The lowest BCUT2D eigenvalue weighted by Gasteiger charge is -2.21. The van der Waals surface area contributed by atoms with Gasteiger partial charge in [0.15, 0.2) is 4.96 Å². The van der Waals surface area contributed by atoms with E-state index in [2.05, 4.69) is 12.1 Å².